The van der Waals surface area contributed by atoms with Gasteiger partial charge in [0.1, 0.15) is 11.9 Å². The summed E-state index contributed by atoms with van der Waals surface area (Å²) in [6.07, 6.45) is 6.94. The van der Waals surface area contributed by atoms with Gasteiger partial charge in [-0.3, -0.25) is 0 Å². The Morgan fingerprint density at radius 1 is 1.03 bits per heavy atom. The van der Waals surface area contributed by atoms with E-state index in [0.717, 1.165) is 24.3 Å². The monoisotopic (exact) mass is 458 g/mol. The fourth-order valence-corrected chi connectivity index (χ4v) is 6.67. The van der Waals surface area contributed by atoms with E-state index >= 15 is 0 Å². The van der Waals surface area contributed by atoms with Gasteiger partial charge in [-0.1, -0.05) is 59.6 Å². The maximum atomic E-state index is 6.99. The molecule has 1 heterocycles. The number of hydrogen-bond donors (Lipinski definition) is 0. The summed E-state index contributed by atoms with van der Waals surface area (Å²) < 4.78 is 20.2. The highest BCUT2D eigenvalue weighted by Crippen LogP contribution is 2.54. The van der Waals surface area contributed by atoms with Crippen molar-refractivity contribution in [2.24, 2.45) is 5.92 Å². The number of para-hydroxylation sites is 1. The SMILES string of the molecule is C#Cc1cccc2c1O[C@H]1CC(O[Si](C)(C)C(C)(C)C)[C@H](CO[Si](C)(C)C(C)(C)C)[C@@H]21. The molecule has 1 unspecified atom stereocenters. The number of hydrogen-bond acceptors (Lipinski definition) is 3. The van der Waals surface area contributed by atoms with Crippen molar-refractivity contribution in [2.45, 2.75) is 102 Å². The third kappa shape index (κ3) is 4.55. The van der Waals surface area contributed by atoms with Crippen LogP contribution in [0.5, 0.6) is 5.75 Å². The van der Waals surface area contributed by atoms with Gasteiger partial charge in [0.2, 0.25) is 0 Å². The second-order valence-corrected chi connectivity index (χ2v) is 22.0. The van der Waals surface area contributed by atoms with Crippen molar-refractivity contribution < 1.29 is 13.6 Å². The molecule has 2 aliphatic rings. The zero-order valence-electron chi connectivity index (χ0n) is 21.3. The molecule has 0 saturated heterocycles. The van der Waals surface area contributed by atoms with Crippen LogP contribution >= 0.6 is 0 Å². The number of ether oxygens (including phenoxy) is 1. The summed E-state index contributed by atoms with van der Waals surface area (Å²) in [5.41, 5.74) is 2.10. The molecule has 1 aliphatic heterocycles. The molecule has 1 aromatic rings. The minimum atomic E-state index is -1.91. The number of fused-ring (bicyclic) bond motifs is 3. The molecular formula is C26H42O3Si2. The van der Waals surface area contributed by atoms with Crippen LogP contribution in [0.3, 0.4) is 0 Å². The van der Waals surface area contributed by atoms with E-state index in [2.05, 4.69) is 85.8 Å². The maximum Gasteiger partial charge on any atom is 0.192 e. The third-order valence-electron chi connectivity index (χ3n) is 8.33. The summed E-state index contributed by atoms with van der Waals surface area (Å²) in [5.74, 6) is 4.27. The lowest BCUT2D eigenvalue weighted by Crippen LogP contribution is -2.47. The first kappa shape index (κ1) is 24.6. The standard InChI is InChI=1S/C26H42O3Si2/c1-12-18-14-13-15-19-23-20(17-27-30(8,9)25(2,3)4)21(16-22(23)28-24(18)19)29-31(10,11)26(5,6)7/h1,13-15,20-23H,16-17H2,2-11H3/t20-,21?,22-,23+/m0/s1. The third-order valence-corrected chi connectivity index (χ3v) is 17.3. The molecule has 0 radical (unpaired) electrons. The van der Waals surface area contributed by atoms with Crippen LogP contribution in [0.15, 0.2) is 18.2 Å². The largest absolute Gasteiger partial charge is 0.488 e. The average Bonchev–Trinajstić information content (AvgIpc) is 3.13. The Morgan fingerprint density at radius 3 is 2.19 bits per heavy atom. The second-order valence-electron chi connectivity index (χ2n) is 12.4. The molecule has 0 spiro atoms. The molecule has 3 nitrogen and oxygen atoms in total. The summed E-state index contributed by atoms with van der Waals surface area (Å²) >= 11 is 0. The molecule has 5 heteroatoms. The number of terminal acetylenes is 1. The van der Waals surface area contributed by atoms with E-state index in [0.29, 0.717) is 0 Å². The van der Waals surface area contributed by atoms with Crippen molar-refractivity contribution in [1.29, 1.82) is 0 Å². The lowest BCUT2D eigenvalue weighted by molar-refractivity contribution is 0.0936. The van der Waals surface area contributed by atoms with E-state index in [4.69, 9.17) is 20.0 Å². The first-order valence-electron chi connectivity index (χ1n) is 11.7. The topological polar surface area (TPSA) is 27.7 Å². The van der Waals surface area contributed by atoms with Gasteiger partial charge in [-0.25, -0.2) is 0 Å². The molecule has 3 rings (SSSR count). The smallest absolute Gasteiger partial charge is 0.192 e. The summed E-state index contributed by atoms with van der Waals surface area (Å²) in [5, 5.41) is 0.354. The van der Waals surface area contributed by atoms with E-state index in [-0.39, 0.29) is 34.1 Å². The summed E-state index contributed by atoms with van der Waals surface area (Å²) in [6, 6.07) is 6.23. The van der Waals surface area contributed by atoms with Gasteiger partial charge in [0, 0.05) is 30.4 Å². The van der Waals surface area contributed by atoms with Gasteiger partial charge in [-0.05, 0) is 42.3 Å². The van der Waals surface area contributed by atoms with Gasteiger partial charge in [0.05, 0.1) is 11.7 Å². The highest BCUT2D eigenvalue weighted by Gasteiger charge is 2.54. The van der Waals surface area contributed by atoms with Crippen LogP contribution in [0, 0.1) is 18.3 Å². The average molecular weight is 459 g/mol. The Kier molecular flexibility index (Phi) is 6.39. The molecule has 0 amide bonds. The first-order valence-corrected chi connectivity index (χ1v) is 17.5. The van der Waals surface area contributed by atoms with Gasteiger partial charge in [-0.15, -0.1) is 6.42 Å². The molecule has 1 aliphatic carbocycles. The van der Waals surface area contributed by atoms with Crippen LogP contribution in [-0.2, 0) is 8.85 Å². The van der Waals surface area contributed by atoms with E-state index in [1.165, 1.54) is 5.56 Å². The molecule has 31 heavy (non-hydrogen) atoms. The maximum absolute atomic E-state index is 6.99. The Labute approximate surface area is 192 Å². The first-order chi connectivity index (χ1) is 14.1. The van der Waals surface area contributed by atoms with Crippen LogP contribution in [0.2, 0.25) is 36.3 Å². The van der Waals surface area contributed by atoms with Gasteiger partial charge >= 0.3 is 0 Å². The van der Waals surface area contributed by atoms with E-state index in [1.807, 2.05) is 6.07 Å². The van der Waals surface area contributed by atoms with Crippen LogP contribution in [0.25, 0.3) is 0 Å². The van der Waals surface area contributed by atoms with E-state index < -0.39 is 16.6 Å². The highest BCUT2D eigenvalue weighted by atomic mass is 28.4. The fourth-order valence-electron chi connectivity index (χ4n) is 4.25. The Morgan fingerprint density at radius 2 is 1.65 bits per heavy atom. The van der Waals surface area contributed by atoms with Gasteiger partial charge < -0.3 is 13.6 Å². The minimum absolute atomic E-state index is 0.118. The summed E-state index contributed by atoms with van der Waals surface area (Å²) in [4.78, 5) is 0. The molecule has 1 fully saturated rings. The fraction of sp³-hybridized carbons (Fsp3) is 0.692. The molecule has 0 N–H and O–H groups in total. The second kappa shape index (κ2) is 8.06. The molecule has 4 atom stereocenters. The molecule has 1 aromatic carbocycles. The molecule has 172 valence electrons. The van der Waals surface area contributed by atoms with Crippen molar-refractivity contribution in [3.8, 4) is 18.1 Å². The summed E-state index contributed by atoms with van der Waals surface area (Å²) in [7, 11) is -3.78. The quantitative estimate of drug-likeness (QED) is 0.353. The van der Waals surface area contributed by atoms with Crippen LogP contribution in [0.1, 0.15) is 65.0 Å². The highest BCUT2D eigenvalue weighted by molar-refractivity contribution is 6.74. The summed E-state index contributed by atoms with van der Waals surface area (Å²) in [6.45, 7) is 23.9. The van der Waals surface area contributed by atoms with Crippen molar-refractivity contribution in [3.63, 3.8) is 0 Å². The normalized spacial score (nSPS) is 26.2. The van der Waals surface area contributed by atoms with Crippen molar-refractivity contribution in [1.82, 2.24) is 0 Å². The minimum Gasteiger partial charge on any atom is -0.488 e. The van der Waals surface area contributed by atoms with Crippen LogP contribution < -0.4 is 4.74 Å². The van der Waals surface area contributed by atoms with Crippen LogP contribution in [0.4, 0.5) is 0 Å². The van der Waals surface area contributed by atoms with Crippen molar-refractivity contribution in [2.75, 3.05) is 6.61 Å². The predicted molar refractivity (Wildman–Crippen MR) is 135 cm³/mol. The zero-order chi connectivity index (χ0) is 23.4. The van der Waals surface area contributed by atoms with Crippen LogP contribution in [-0.4, -0.2) is 35.4 Å². The van der Waals surface area contributed by atoms with E-state index in [1.54, 1.807) is 0 Å². The molecule has 0 aromatic heterocycles. The van der Waals surface area contributed by atoms with E-state index in [9.17, 15) is 0 Å². The van der Waals surface area contributed by atoms with Gasteiger partial charge in [0.25, 0.3) is 0 Å². The Hall–Kier alpha value is -1.07. The van der Waals surface area contributed by atoms with Gasteiger partial charge in [-0.2, -0.15) is 0 Å². The van der Waals surface area contributed by atoms with Crippen molar-refractivity contribution in [3.05, 3.63) is 29.3 Å². The molecule has 0 bridgehead atoms. The molecule has 1 saturated carbocycles. The van der Waals surface area contributed by atoms with Crippen molar-refractivity contribution >= 4 is 16.6 Å². The zero-order valence-corrected chi connectivity index (χ0v) is 23.3. The number of rotatable bonds is 5. The number of benzene rings is 1. The Bertz CT molecular complexity index is 855. The van der Waals surface area contributed by atoms with Gasteiger partial charge in [0.15, 0.2) is 16.6 Å². The lowest BCUT2D eigenvalue weighted by atomic mass is 9.88. The molecular weight excluding hydrogens is 416 g/mol. The predicted octanol–water partition coefficient (Wildman–Crippen LogP) is 6.94. The lowest BCUT2D eigenvalue weighted by Gasteiger charge is -2.42. The Balaban J connectivity index is 1.93.